The van der Waals surface area contributed by atoms with Gasteiger partial charge in [-0.15, -0.1) is 0 Å². The SMILES string of the molecule is CC(C)C(CN)CNc1ccc(F)c(F)c1. The molecule has 1 atom stereocenters. The number of hydrogen-bond acceptors (Lipinski definition) is 2. The summed E-state index contributed by atoms with van der Waals surface area (Å²) in [4.78, 5) is 0. The first kappa shape index (κ1) is 12.9. The smallest absolute Gasteiger partial charge is 0.160 e. The summed E-state index contributed by atoms with van der Waals surface area (Å²) in [6.45, 7) is 5.42. The van der Waals surface area contributed by atoms with E-state index >= 15 is 0 Å². The molecule has 0 bridgehead atoms. The monoisotopic (exact) mass is 228 g/mol. The van der Waals surface area contributed by atoms with E-state index in [-0.39, 0.29) is 0 Å². The first-order valence-corrected chi connectivity index (χ1v) is 5.43. The molecule has 1 aromatic carbocycles. The second-order valence-electron chi connectivity index (χ2n) is 4.25. The van der Waals surface area contributed by atoms with Crippen molar-refractivity contribution in [1.29, 1.82) is 0 Å². The van der Waals surface area contributed by atoms with Crippen LogP contribution in [0.15, 0.2) is 18.2 Å². The van der Waals surface area contributed by atoms with E-state index in [9.17, 15) is 8.78 Å². The molecule has 3 N–H and O–H groups in total. The lowest BCUT2D eigenvalue weighted by Crippen LogP contribution is -2.27. The van der Waals surface area contributed by atoms with Gasteiger partial charge in [0.25, 0.3) is 0 Å². The largest absolute Gasteiger partial charge is 0.385 e. The summed E-state index contributed by atoms with van der Waals surface area (Å²) < 4.78 is 25.6. The van der Waals surface area contributed by atoms with Gasteiger partial charge in [-0.2, -0.15) is 0 Å². The minimum absolute atomic E-state index is 0.327. The summed E-state index contributed by atoms with van der Waals surface area (Å²) in [5, 5.41) is 3.06. The van der Waals surface area contributed by atoms with Gasteiger partial charge in [0.2, 0.25) is 0 Å². The van der Waals surface area contributed by atoms with Crippen LogP contribution < -0.4 is 11.1 Å². The third-order valence-corrected chi connectivity index (χ3v) is 2.73. The predicted octanol–water partition coefficient (Wildman–Crippen LogP) is 2.61. The van der Waals surface area contributed by atoms with Crippen LogP contribution in [-0.2, 0) is 0 Å². The van der Waals surface area contributed by atoms with Gasteiger partial charge in [0.15, 0.2) is 11.6 Å². The summed E-state index contributed by atoms with van der Waals surface area (Å²) in [6, 6.07) is 3.79. The average Bonchev–Trinajstić information content (AvgIpc) is 2.23. The predicted molar refractivity (Wildman–Crippen MR) is 62.2 cm³/mol. The Hall–Kier alpha value is -1.16. The van der Waals surface area contributed by atoms with Gasteiger partial charge < -0.3 is 11.1 Å². The summed E-state index contributed by atoms with van der Waals surface area (Å²) in [7, 11) is 0. The quantitative estimate of drug-likeness (QED) is 0.813. The van der Waals surface area contributed by atoms with Gasteiger partial charge >= 0.3 is 0 Å². The second-order valence-corrected chi connectivity index (χ2v) is 4.25. The first-order valence-electron chi connectivity index (χ1n) is 5.43. The van der Waals surface area contributed by atoms with E-state index in [1.54, 1.807) is 0 Å². The van der Waals surface area contributed by atoms with Gasteiger partial charge in [-0.3, -0.25) is 0 Å². The molecule has 1 aromatic rings. The Morgan fingerprint density at radius 2 is 1.94 bits per heavy atom. The number of anilines is 1. The molecule has 0 spiro atoms. The van der Waals surface area contributed by atoms with Gasteiger partial charge in [-0.05, 0) is 36.6 Å². The third-order valence-electron chi connectivity index (χ3n) is 2.73. The van der Waals surface area contributed by atoms with Gasteiger partial charge in [-0.25, -0.2) is 8.78 Å². The van der Waals surface area contributed by atoms with Crippen molar-refractivity contribution in [2.24, 2.45) is 17.6 Å². The van der Waals surface area contributed by atoms with Gasteiger partial charge in [0, 0.05) is 12.2 Å². The van der Waals surface area contributed by atoms with Crippen LogP contribution in [0, 0.1) is 23.5 Å². The minimum Gasteiger partial charge on any atom is -0.385 e. The molecule has 0 aliphatic rings. The summed E-state index contributed by atoms with van der Waals surface area (Å²) in [5.74, 6) is -0.875. The summed E-state index contributed by atoms with van der Waals surface area (Å²) in [5.41, 5.74) is 6.20. The summed E-state index contributed by atoms with van der Waals surface area (Å²) in [6.07, 6.45) is 0. The van der Waals surface area contributed by atoms with E-state index in [4.69, 9.17) is 5.73 Å². The molecule has 90 valence electrons. The van der Waals surface area contributed by atoms with Gasteiger partial charge in [0.05, 0.1) is 0 Å². The maximum atomic E-state index is 12.9. The van der Waals surface area contributed by atoms with Crippen LogP contribution in [0.2, 0.25) is 0 Å². The van der Waals surface area contributed by atoms with Crippen molar-refractivity contribution in [3.8, 4) is 0 Å². The molecular formula is C12H18F2N2. The van der Waals surface area contributed by atoms with E-state index in [0.29, 0.717) is 30.6 Å². The zero-order chi connectivity index (χ0) is 12.1. The minimum atomic E-state index is -0.834. The van der Waals surface area contributed by atoms with Gasteiger partial charge in [0.1, 0.15) is 0 Å². The Balaban J connectivity index is 2.57. The van der Waals surface area contributed by atoms with E-state index in [2.05, 4.69) is 19.2 Å². The van der Waals surface area contributed by atoms with Gasteiger partial charge in [-0.1, -0.05) is 13.8 Å². The van der Waals surface area contributed by atoms with Crippen LogP contribution in [0.1, 0.15) is 13.8 Å². The number of rotatable bonds is 5. The molecule has 0 aromatic heterocycles. The van der Waals surface area contributed by atoms with E-state index in [0.717, 1.165) is 12.1 Å². The number of hydrogen-bond donors (Lipinski definition) is 2. The molecule has 0 saturated heterocycles. The Kier molecular flexibility index (Phi) is 4.68. The lowest BCUT2D eigenvalue weighted by Gasteiger charge is -2.19. The Bertz CT molecular complexity index is 340. The van der Waals surface area contributed by atoms with Crippen LogP contribution >= 0.6 is 0 Å². The molecule has 1 rings (SSSR count). The van der Waals surface area contributed by atoms with Crippen LogP contribution in [0.5, 0.6) is 0 Å². The molecule has 16 heavy (non-hydrogen) atoms. The molecule has 0 saturated carbocycles. The van der Waals surface area contributed by atoms with Crippen molar-refractivity contribution < 1.29 is 8.78 Å². The van der Waals surface area contributed by atoms with Crippen LogP contribution in [0.4, 0.5) is 14.5 Å². The fraction of sp³-hybridized carbons (Fsp3) is 0.500. The Morgan fingerprint density at radius 1 is 1.25 bits per heavy atom. The molecule has 0 aliphatic heterocycles. The highest BCUT2D eigenvalue weighted by atomic mass is 19.2. The fourth-order valence-electron chi connectivity index (χ4n) is 1.45. The van der Waals surface area contributed by atoms with Crippen molar-refractivity contribution >= 4 is 5.69 Å². The van der Waals surface area contributed by atoms with Crippen LogP contribution in [-0.4, -0.2) is 13.1 Å². The maximum absolute atomic E-state index is 12.9. The molecular weight excluding hydrogens is 210 g/mol. The lowest BCUT2D eigenvalue weighted by atomic mass is 9.96. The number of nitrogens with two attached hydrogens (primary N) is 1. The molecule has 0 heterocycles. The zero-order valence-electron chi connectivity index (χ0n) is 9.63. The molecule has 2 nitrogen and oxygen atoms in total. The molecule has 0 radical (unpaired) electrons. The molecule has 1 unspecified atom stereocenters. The van der Waals surface area contributed by atoms with Crippen LogP contribution in [0.3, 0.4) is 0 Å². The molecule has 0 aliphatic carbocycles. The maximum Gasteiger partial charge on any atom is 0.160 e. The summed E-state index contributed by atoms with van der Waals surface area (Å²) >= 11 is 0. The molecule has 0 fully saturated rings. The first-order chi connectivity index (χ1) is 7.54. The average molecular weight is 228 g/mol. The zero-order valence-corrected chi connectivity index (χ0v) is 9.63. The topological polar surface area (TPSA) is 38.0 Å². The third kappa shape index (κ3) is 3.45. The van der Waals surface area contributed by atoms with Crippen molar-refractivity contribution in [3.05, 3.63) is 29.8 Å². The van der Waals surface area contributed by atoms with Crippen LogP contribution in [0.25, 0.3) is 0 Å². The van der Waals surface area contributed by atoms with Crippen molar-refractivity contribution in [3.63, 3.8) is 0 Å². The number of halogens is 2. The highest BCUT2D eigenvalue weighted by molar-refractivity contribution is 5.43. The number of benzene rings is 1. The van der Waals surface area contributed by atoms with E-state index in [1.807, 2.05) is 0 Å². The molecule has 4 heteroatoms. The van der Waals surface area contributed by atoms with Crippen molar-refractivity contribution in [2.45, 2.75) is 13.8 Å². The van der Waals surface area contributed by atoms with E-state index < -0.39 is 11.6 Å². The highest BCUT2D eigenvalue weighted by Crippen LogP contribution is 2.15. The normalized spacial score (nSPS) is 12.9. The second kappa shape index (κ2) is 5.80. The highest BCUT2D eigenvalue weighted by Gasteiger charge is 2.11. The van der Waals surface area contributed by atoms with Crippen molar-refractivity contribution in [1.82, 2.24) is 0 Å². The lowest BCUT2D eigenvalue weighted by molar-refractivity contribution is 0.413. The molecule has 0 amide bonds. The van der Waals surface area contributed by atoms with E-state index in [1.165, 1.54) is 6.07 Å². The fourth-order valence-corrected chi connectivity index (χ4v) is 1.45. The number of nitrogens with one attached hydrogen (secondary N) is 1. The van der Waals surface area contributed by atoms with Crippen molar-refractivity contribution in [2.75, 3.05) is 18.4 Å². The Morgan fingerprint density at radius 3 is 2.44 bits per heavy atom. The Labute approximate surface area is 94.8 Å². The standard InChI is InChI=1S/C12H18F2N2/c1-8(2)9(6-15)7-16-10-3-4-11(13)12(14)5-10/h3-5,8-9,16H,6-7,15H2,1-2H3.